The third kappa shape index (κ3) is 3.30. The molecule has 6 heteroatoms. The van der Waals surface area contributed by atoms with Gasteiger partial charge in [0.1, 0.15) is 5.82 Å². The number of hydrogen-bond donors (Lipinski definition) is 1. The zero-order valence-corrected chi connectivity index (χ0v) is 9.77. The average molecular weight is 245 g/mol. The van der Waals surface area contributed by atoms with Crippen LogP contribution in [0.4, 0.5) is 10.1 Å². The predicted molar refractivity (Wildman–Crippen MR) is 59.5 cm³/mol. The Kier molecular flexibility index (Phi) is 3.64. The first-order valence-electron chi connectivity index (χ1n) is 4.64. The van der Waals surface area contributed by atoms with E-state index in [0.717, 1.165) is 12.3 Å². The molecule has 0 aliphatic heterocycles. The zero-order chi connectivity index (χ0) is 12.3. The minimum absolute atomic E-state index is 0.170. The van der Waals surface area contributed by atoms with Crippen LogP contribution in [0.1, 0.15) is 23.7 Å². The standard InChI is InChI=1S/C10H12FNO3S/c1-3-10(13)7-4-5-8(11)9(6-7)12-16(2,14)15/h4-6,12H,3H2,1-2H3. The molecule has 0 aliphatic rings. The van der Waals surface area contributed by atoms with Gasteiger partial charge in [0.15, 0.2) is 5.78 Å². The maximum Gasteiger partial charge on any atom is 0.229 e. The molecular formula is C10H12FNO3S. The van der Waals surface area contributed by atoms with Gasteiger partial charge in [-0.15, -0.1) is 0 Å². The first-order valence-corrected chi connectivity index (χ1v) is 6.53. The Morgan fingerprint density at radius 3 is 2.56 bits per heavy atom. The Morgan fingerprint density at radius 2 is 2.06 bits per heavy atom. The van der Waals surface area contributed by atoms with Crippen LogP contribution in [-0.2, 0) is 10.0 Å². The summed E-state index contributed by atoms with van der Waals surface area (Å²) in [5.74, 6) is -0.880. The summed E-state index contributed by atoms with van der Waals surface area (Å²) in [6.45, 7) is 1.68. The number of carbonyl (C=O) groups excluding carboxylic acids is 1. The number of anilines is 1. The molecule has 1 aromatic rings. The quantitative estimate of drug-likeness (QED) is 0.822. The van der Waals surface area contributed by atoms with Gasteiger partial charge >= 0.3 is 0 Å². The summed E-state index contributed by atoms with van der Waals surface area (Å²) in [5.41, 5.74) is 0.0804. The van der Waals surface area contributed by atoms with Crippen molar-refractivity contribution in [3.63, 3.8) is 0 Å². The number of sulfonamides is 1. The van der Waals surface area contributed by atoms with E-state index in [2.05, 4.69) is 0 Å². The van der Waals surface area contributed by atoms with Crippen molar-refractivity contribution in [3.8, 4) is 0 Å². The minimum atomic E-state index is -3.55. The molecule has 1 aromatic carbocycles. The number of nitrogens with one attached hydrogen (secondary N) is 1. The Bertz CT molecular complexity index is 511. The molecule has 0 spiro atoms. The molecule has 0 radical (unpaired) electrons. The van der Waals surface area contributed by atoms with Crippen LogP contribution in [0.15, 0.2) is 18.2 Å². The molecule has 0 fully saturated rings. The normalized spacial score (nSPS) is 11.2. The lowest BCUT2D eigenvalue weighted by Crippen LogP contribution is -2.11. The van der Waals surface area contributed by atoms with Crippen molar-refractivity contribution in [1.29, 1.82) is 0 Å². The molecule has 0 saturated carbocycles. The van der Waals surface area contributed by atoms with Gasteiger partial charge in [0.2, 0.25) is 10.0 Å². The molecule has 0 bridgehead atoms. The van der Waals surface area contributed by atoms with Crippen molar-refractivity contribution in [2.45, 2.75) is 13.3 Å². The number of ketones is 1. The van der Waals surface area contributed by atoms with Gasteiger partial charge in [-0.3, -0.25) is 9.52 Å². The molecule has 0 amide bonds. The molecule has 0 unspecified atom stereocenters. The number of benzene rings is 1. The Morgan fingerprint density at radius 1 is 1.44 bits per heavy atom. The van der Waals surface area contributed by atoms with Gasteiger partial charge in [0.25, 0.3) is 0 Å². The van der Waals surface area contributed by atoms with Crippen molar-refractivity contribution in [1.82, 2.24) is 0 Å². The molecule has 0 saturated heterocycles. The SMILES string of the molecule is CCC(=O)c1ccc(F)c(NS(C)(=O)=O)c1. The first kappa shape index (κ1) is 12.6. The molecule has 0 aromatic heterocycles. The highest BCUT2D eigenvalue weighted by Gasteiger charge is 2.11. The van der Waals surface area contributed by atoms with Crippen molar-refractivity contribution in [2.75, 3.05) is 11.0 Å². The molecular weight excluding hydrogens is 233 g/mol. The van der Waals surface area contributed by atoms with Crippen LogP contribution in [0.3, 0.4) is 0 Å². The highest BCUT2D eigenvalue weighted by Crippen LogP contribution is 2.18. The number of halogens is 1. The van der Waals surface area contributed by atoms with Crippen LogP contribution >= 0.6 is 0 Å². The summed E-state index contributed by atoms with van der Waals surface area (Å²) < 4.78 is 37.1. The van der Waals surface area contributed by atoms with Gasteiger partial charge < -0.3 is 0 Å². The van der Waals surface area contributed by atoms with Crippen LogP contribution in [0.2, 0.25) is 0 Å². The Balaban J connectivity index is 3.14. The molecule has 0 atom stereocenters. The Hall–Kier alpha value is -1.43. The van der Waals surface area contributed by atoms with E-state index in [4.69, 9.17) is 0 Å². The van der Waals surface area contributed by atoms with E-state index in [1.165, 1.54) is 12.1 Å². The van der Waals surface area contributed by atoms with Crippen LogP contribution in [-0.4, -0.2) is 20.5 Å². The second-order valence-electron chi connectivity index (χ2n) is 3.35. The van der Waals surface area contributed by atoms with E-state index in [9.17, 15) is 17.6 Å². The van der Waals surface area contributed by atoms with E-state index in [1.54, 1.807) is 6.92 Å². The maximum absolute atomic E-state index is 13.2. The van der Waals surface area contributed by atoms with Crippen LogP contribution in [0, 0.1) is 5.82 Å². The van der Waals surface area contributed by atoms with E-state index in [-0.39, 0.29) is 23.5 Å². The van der Waals surface area contributed by atoms with Crippen LogP contribution in [0.25, 0.3) is 0 Å². The third-order valence-corrected chi connectivity index (χ3v) is 2.50. The molecule has 1 rings (SSSR count). The molecule has 4 nitrogen and oxygen atoms in total. The second-order valence-corrected chi connectivity index (χ2v) is 5.09. The lowest BCUT2D eigenvalue weighted by atomic mass is 10.1. The van der Waals surface area contributed by atoms with Gasteiger partial charge in [0, 0.05) is 12.0 Å². The van der Waals surface area contributed by atoms with E-state index >= 15 is 0 Å². The van der Waals surface area contributed by atoms with Gasteiger partial charge in [0.05, 0.1) is 11.9 Å². The summed E-state index contributed by atoms with van der Waals surface area (Å²) in [6.07, 6.45) is 1.20. The number of carbonyl (C=O) groups is 1. The van der Waals surface area contributed by atoms with E-state index in [1.807, 2.05) is 4.72 Å². The fourth-order valence-corrected chi connectivity index (χ4v) is 1.74. The predicted octanol–water partition coefficient (Wildman–Crippen LogP) is 1.79. The summed E-state index contributed by atoms with van der Waals surface area (Å²) in [4.78, 5) is 11.3. The molecule has 0 heterocycles. The average Bonchev–Trinajstić information content (AvgIpc) is 2.18. The van der Waals surface area contributed by atoms with Gasteiger partial charge in [-0.2, -0.15) is 0 Å². The number of hydrogen-bond acceptors (Lipinski definition) is 3. The highest BCUT2D eigenvalue weighted by atomic mass is 32.2. The number of rotatable bonds is 4. The van der Waals surface area contributed by atoms with Crippen molar-refractivity contribution < 1.29 is 17.6 Å². The topological polar surface area (TPSA) is 63.2 Å². The van der Waals surface area contributed by atoms with Gasteiger partial charge in [-0.1, -0.05) is 6.92 Å². The summed E-state index contributed by atoms with van der Waals surface area (Å²) >= 11 is 0. The highest BCUT2D eigenvalue weighted by molar-refractivity contribution is 7.92. The fraction of sp³-hybridized carbons (Fsp3) is 0.300. The summed E-state index contributed by atoms with van der Waals surface area (Å²) in [5, 5.41) is 0. The van der Waals surface area contributed by atoms with Crippen molar-refractivity contribution in [2.24, 2.45) is 0 Å². The smallest absolute Gasteiger partial charge is 0.229 e. The summed E-state index contributed by atoms with van der Waals surface area (Å²) in [7, 11) is -3.55. The maximum atomic E-state index is 13.2. The van der Waals surface area contributed by atoms with Crippen molar-refractivity contribution in [3.05, 3.63) is 29.6 Å². The molecule has 88 valence electrons. The molecule has 1 N–H and O–H groups in total. The van der Waals surface area contributed by atoms with Gasteiger partial charge in [-0.25, -0.2) is 12.8 Å². The van der Waals surface area contributed by atoms with E-state index < -0.39 is 15.8 Å². The zero-order valence-electron chi connectivity index (χ0n) is 8.95. The largest absolute Gasteiger partial charge is 0.294 e. The molecule has 0 aliphatic carbocycles. The minimum Gasteiger partial charge on any atom is -0.294 e. The second kappa shape index (κ2) is 4.61. The third-order valence-electron chi connectivity index (χ3n) is 1.90. The summed E-state index contributed by atoms with van der Waals surface area (Å²) in [6, 6.07) is 3.59. The molecule has 16 heavy (non-hydrogen) atoms. The van der Waals surface area contributed by atoms with Crippen LogP contribution in [0.5, 0.6) is 0 Å². The van der Waals surface area contributed by atoms with E-state index in [0.29, 0.717) is 0 Å². The number of Topliss-reactive ketones (excluding diaryl/α,β-unsaturated/α-hetero) is 1. The monoisotopic (exact) mass is 245 g/mol. The lowest BCUT2D eigenvalue weighted by molar-refractivity contribution is 0.0988. The Labute approximate surface area is 93.5 Å². The fourth-order valence-electron chi connectivity index (χ4n) is 1.18. The van der Waals surface area contributed by atoms with Crippen LogP contribution < -0.4 is 4.72 Å². The van der Waals surface area contributed by atoms with Gasteiger partial charge in [-0.05, 0) is 18.2 Å². The first-order chi connectivity index (χ1) is 7.33. The van der Waals surface area contributed by atoms with Crippen molar-refractivity contribution >= 4 is 21.5 Å². The lowest BCUT2D eigenvalue weighted by Gasteiger charge is -2.06.